The Morgan fingerprint density at radius 3 is 2.77 bits per heavy atom. The fraction of sp³-hybridized carbons (Fsp3) is 0.429. The molecule has 3 heterocycles. The van der Waals surface area contributed by atoms with Gasteiger partial charge < -0.3 is 34.6 Å². The van der Waals surface area contributed by atoms with Gasteiger partial charge in [0.05, 0.1) is 41.7 Å². The van der Waals surface area contributed by atoms with Crippen LogP contribution in [0.15, 0.2) is 16.9 Å². The van der Waals surface area contributed by atoms with Crippen molar-refractivity contribution in [3.05, 3.63) is 56.1 Å². The van der Waals surface area contributed by atoms with E-state index >= 15 is 0 Å². The number of aliphatic hydroxyl groups is 1. The number of ether oxygens (including phenoxy) is 1. The highest BCUT2D eigenvalue weighted by Gasteiger charge is 2.35. The summed E-state index contributed by atoms with van der Waals surface area (Å²) in [6, 6.07) is 2.28. The van der Waals surface area contributed by atoms with Crippen molar-refractivity contribution in [3.63, 3.8) is 0 Å². The van der Waals surface area contributed by atoms with Crippen LogP contribution in [0.5, 0.6) is 5.75 Å². The smallest absolute Gasteiger partial charge is 0.260 e. The summed E-state index contributed by atoms with van der Waals surface area (Å²) in [6.07, 6.45) is 1.69. The van der Waals surface area contributed by atoms with Gasteiger partial charge in [-0.1, -0.05) is 0 Å². The molecule has 40 heavy (non-hydrogen) atoms. The number of nitrogens with zero attached hydrogens (tertiary/aromatic N) is 4. The minimum atomic E-state index is -0.618. The molecule has 5 rings (SSSR count). The number of halogens is 1. The predicted molar refractivity (Wildman–Crippen MR) is 144 cm³/mol. The molecule has 0 bridgehead atoms. The number of likely N-dealkylation sites (N-methyl/N-ethyl adjacent to an activating group) is 1. The second-order valence-electron chi connectivity index (χ2n) is 10.5. The van der Waals surface area contributed by atoms with E-state index in [-0.39, 0.29) is 42.9 Å². The Labute approximate surface area is 229 Å². The average molecular weight is 554 g/mol. The molecule has 1 atom stereocenters. The van der Waals surface area contributed by atoms with E-state index in [0.717, 1.165) is 16.5 Å². The minimum absolute atomic E-state index is 0.0272. The molecule has 0 saturated heterocycles. The van der Waals surface area contributed by atoms with Crippen molar-refractivity contribution in [3.8, 4) is 17.1 Å². The summed E-state index contributed by atoms with van der Waals surface area (Å²) >= 11 is 0. The number of carbonyl (C=O) groups excluding carboxylic acids is 2. The van der Waals surface area contributed by atoms with Gasteiger partial charge in [0.15, 0.2) is 0 Å². The van der Waals surface area contributed by atoms with Gasteiger partial charge in [-0.3, -0.25) is 14.4 Å². The van der Waals surface area contributed by atoms with Gasteiger partial charge in [0.25, 0.3) is 5.56 Å². The molecular weight excluding hydrogens is 521 g/mol. The number of aromatic hydroxyl groups is 1. The maximum atomic E-state index is 14.9. The molecule has 0 fully saturated rings. The van der Waals surface area contributed by atoms with E-state index in [4.69, 9.17) is 9.72 Å². The fourth-order valence-corrected chi connectivity index (χ4v) is 5.59. The van der Waals surface area contributed by atoms with Crippen LogP contribution in [0.1, 0.15) is 40.3 Å². The predicted octanol–water partition coefficient (Wildman–Crippen LogP) is 1.17. The first-order valence-corrected chi connectivity index (χ1v) is 13.1. The fourth-order valence-electron chi connectivity index (χ4n) is 5.59. The van der Waals surface area contributed by atoms with E-state index in [0.29, 0.717) is 60.4 Å². The number of rotatable bonds is 10. The van der Waals surface area contributed by atoms with E-state index in [9.17, 15) is 29.0 Å². The van der Waals surface area contributed by atoms with Gasteiger partial charge in [0.2, 0.25) is 12.3 Å². The maximum absolute atomic E-state index is 14.9. The second kappa shape index (κ2) is 11.0. The van der Waals surface area contributed by atoms with Crippen molar-refractivity contribution in [2.75, 3.05) is 40.5 Å². The first-order valence-electron chi connectivity index (χ1n) is 13.1. The maximum Gasteiger partial charge on any atom is 0.260 e. The van der Waals surface area contributed by atoms with Gasteiger partial charge in [-0.15, -0.1) is 0 Å². The molecule has 0 radical (unpaired) electrons. The van der Waals surface area contributed by atoms with Crippen LogP contribution in [0.25, 0.3) is 22.3 Å². The van der Waals surface area contributed by atoms with Gasteiger partial charge in [0.1, 0.15) is 24.9 Å². The Bertz CT molecular complexity index is 1570. The largest absolute Gasteiger partial charge is 0.507 e. The molecule has 2 aliphatic rings. The highest BCUT2D eigenvalue weighted by molar-refractivity contribution is 5.93. The average Bonchev–Trinajstić information content (AvgIpc) is 3.28. The summed E-state index contributed by atoms with van der Waals surface area (Å²) in [5.41, 5.74) is 3.32. The molecule has 11 nitrogen and oxygen atoms in total. The Morgan fingerprint density at radius 2 is 2.08 bits per heavy atom. The number of carbonyl (C=O) groups is 2. The molecule has 1 aliphatic heterocycles. The third-order valence-electron chi connectivity index (χ3n) is 7.68. The number of aliphatic hydroxyl groups excluding tert-OH is 1. The topological polar surface area (TPSA) is 137 Å². The monoisotopic (exact) mass is 553 g/mol. The van der Waals surface area contributed by atoms with Crippen LogP contribution < -0.4 is 10.9 Å². The van der Waals surface area contributed by atoms with Crippen molar-refractivity contribution in [2.45, 2.75) is 39.0 Å². The molecule has 0 unspecified atom stereocenters. The molecule has 12 heteroatoms. The van der Waals surface area contributed by atoms with Gasteiger partial charge in [-0.25, -0.2) is 9.37 Å². The molecule has 3 N–H and O–H groups in total. The quantitative estimate of drug-likeness (QED) is 0.197. The molecule has 0 spiro atoms. The molecular formula is C28H32FN5O6. The number of nitrogens with one attached hydrogen (secondary N) is 1. The molecule has 2 amide bonds. The molecule has 0 saturated carbocycles. The van der Waals surface area contributed by atoms with Gasteiger partial charge in [0, 0.05) is 36.2 Å². The standard InChI is InChI=1S/C28H32FN5O6/c1-15-16-4-5-20(30-24(38)12-40-14-33(13-36)7-6-32(2)3)26-17-10-34-22(9-23(37)18(11-35)28(34)39)27(17)31-21(25(16)26)8-19(15)29/h8-9,13,20,35,37H,4-7,10-12,14H2,1-3H3,(H,30,38)/t20-/m0/s1. The third-order valence-corrected chi connectivity index (χ3v) is 7.68. The van der Waals surface area contributed by atoms with E-state index < -0.39 is 18.2 Å². The van der Waals surface area contributed by atoms with E-state index in [1.807, 2.05) is 19.0 Å². The number of pyridine rings is 2. The zero-order valence-corrected chi connectivity index (χ0v) is 22.7. The van der Waals surface area contributed by atoms with Crippen molar-refractivity contribution >= 4 is 23.2 Å². The van der Waals surface area contributed by atoms with Crippen LogP contribution in [0.4, 0.5) is 4.39 Å². The Morgan fingerprint density at radius 1 is 1.30 bits per heavy atom. The zero-order chi connectivity index (χ0) is 28.7. The molecule has 212 valence electrons. The number of fused-ring (bicyclic) bond motifs is 4. The highest BCUT2D eigenvalue weighted by atomic mass is 19.1. The van der Waals surface area contributed by atoms with Crippen LogP contribution in [0.3, 0.4) is 0 Å². The van der Waals surface area contributed by atoms with Crippen LogP contribution in [-0.2, 0) is 33.9 Å². The highest BCUT2D eigenvalue weighted by Crippen LogP contribution is 2.45. The molecule has 2 aromatic heterocycles. The zero-order valence-electron chi connectivity index (χ0n) is 22.7. The van der Waals surface area contributed by atoms with Gasteiger partial charge >= 0.3 is 0 Å². The van der Waals surface area contributed by atoms with Crippen molar-refractivity contribution < 1.29 is 28.9 Å². The summed E-state index contributed by atoms with van der Waals surface area (Å²) in [7, 11) is 3.79. The van der Waals surface area contributed by atoms with E-state index in [2.05, 4.69) is 5.32 Å². The minimum Gasteiger partial charge on any atom is -0.507 e. The van der Waals surface area contributed by atoms with Crippen LogP contribution in [0, 0.1) is 12.7 Å². The number of aryl methyl sites for hydroxylation is 1. The summed E-state index contributed by atoms with van der Waals surface area (Å²) in [5.74, 6) is -1.10. The Hall–Kier alpha value is -3.87. The summed E-state index contributed by atoms with van der Waals surface area (Å²) in [4.78, 5) is 45.4. The number of benzene rings is 1. The normalized spacial score (nSPS) is 15.3. The van der Waals surface area contributed by atoms with Crippen molar-refractivity contribution in [1.82, 2.24) is 24.7 Å². The molecule has 1 aliphatic carbocycles. The third kappa shape index (κ3) is 4.82. The lowest BCUT2D eigenvalue weighted by molar-refractivity contribution is -0.132. The van der Waals surface area contributed by atoms with E-state index in [1.54, 1.807) is 6.92 Å². The first-order chi connectivity index (χ1) is 19.1. The van der Waals surface area contributed by atoms with Crippen LogP contribution in [-0.4, -0.2) is 82.4 Å². The summed E-state index contributed by atoms with van der Waals surface area (Å²) in [5, 5.41) is 23.8. The van der Waals surface area contributed by atoms with Crippen molar-refractivity contribution in [1.29, 1.82) is 0 Å². The second-order valence-corrected chi connectivity index (χ2v) is 10.5. The van der Waals surface area contributed by atoms with Crippen LogP contribution >= 0.6 is 0 Å². The molecule has 1 aromatic carbocycles. The molecule has 3 aromatic rings. The lowest BCUT2D eigenvalue weighted by atomic mass is 9.81. The lowest BCUT2D eigenvalue weighted by Gasteiger charge is -2.30. The number of amides is 2. The van der Waals surface area contributed by atoms with E-state index in [1.165, 1.54) is 21.6 Å². The summed E-state index contributed by atoms with van der Waals surface area (Å²) < 4.78 is 21.8. The number of aromatic nitrogens is 2. The first kappa shape index (κ1) is 27.7. The summed E-state index contributed by atoms with van der Waals surface area (Å²) in [6.45, 7) is 2.06. The number of hydrogen-bond acceptors (Lipinski definition) is 8. The Kier molecular flexibility index (Phi) is 7.58. The van der Waals surface area contributed by atoms with Gasteiger partial charge in [-0.2, -0.15) is 0 Å². The Balaban J connectivity index is 1.48. The van der Waals surface area contributed by atoms with Crippen molar-refractivity contribution in [2.24, 2.45) is 0 Å². The lowest BCUT2D eigenvalue weighted by Crippen LogP contribution is -2.37. The van der Waals surface area contributed by atoms with Crippen LogP contribution in [0.2, 0.25) is 0 Å². The van der Waals surface area contributed by atoms with Gasteiger partial charge in [-0.05, 0) is 50.6 Å². The number of hydrogen-bond donors (Lipinski definition) is 3. The SMILES string of the molecule is Cc1c(F)cc2nc3c(c4c2c1CC[C@@H]4NC(=O)COCN(C=O)CCN(C)C)Cn1c-3cc(O)c(CO)c1=O.